The van der Waals surface area contributed by atoms with Gasteiger partial charge in [-0.15, -0.1) is 0 Å². The lowest BCUT2D eigenvalue weighted by Crippen LogP contribution is -2.42. The normalized spacial score (nSPS) is 11.1. The number of aromatic nitrogens is 1. The van der Waals surface area contributed by atoms with Crippen LogP contribution >= 0.6 is 0 Å². The first-order chi connectivity index (χ1) is 8.25. The Bertz CT molecular complexity index is 489. The largest absolute Gasteiger partial charge is 0.369 e. The lowest BCUT2D eigenvalue weighted by molar-refractivity contribution is -0.125. The van der Waals surface area contributed by atoms with Crippen molar-refractivity contribution in [3.63, 3.8) is 0 Å². The molecule has 0 aromatic carbocycles. The molecule has 1 heterocycles. The summed E-state index contributed by atoms with van der Waals surface area (Å²) in [7, 11) is 0. The van der Waals surface area contributed by atoms with Gasteiger partial charge >= 0.3 is 0 Å². The summed E-state index contributed by atoms with van der Waals surface area (Å²) < 4.78 is 26.0. The van der Waals surface area contributed by atoms with Gasteiger partial charge in [0.05, 0.1) is 11.0 Å². The first-order valence-corrected chi connectivity index (χ1v) is 5.14. The zero-order valence-corrected chi connectivity index (χ0v) is 9.96. The fourth-order valence-corrected chi connectivity index (χ4v) is 1.08. The van der Waals surface area contributed by atoms with Crippen LogP contribution in [-0.2, 0) is 4.79 Å². The smallest absolute Gasteiger partial charge is 0.254 e. The molecule has 0 saturated carbocycles. The quantitative estimate of drug-likeness (QED) is 0.774. The number of nitrogens with zero attached hydrogens (tertiary/aromatic N) is 1. The summed E-state index contributed by atoms with van der Waals surface area (Å²) in [4.78, 5) is 25.7. The van der Waals surface area contributed by atoms with Gasteiger partial charge in [0.2, 0.25) is 11.9 Å². The number of rotatable bonds is 4. The van der Waals surface area contributed by atoms with Crippen molar-refractivity contribution in [2.24, 2.45) is 11.1 Å². The van der Waals surface area contributed by atoms with Gasteiger partial charge in [0.15, 0.2) is 5.82 Å². The van der Waals surface area contributed by atoms with Crippen molar-refractivity contribution < 1.29 is 18.4 Å². The van der Waals surface area contributed by atoms with E-state index in [1.165, 1.54) is 13.8 Å². The van der Waals surface area contributed by atoms with Crippen LogP contribution in [0, 0.1) is 17.2 Å². The molecule has 0 unspecified atom stereocenters. The Morgan fingerprint density at radius 1 is 1.44 bits per heavy atom. The van der Waals surface area contributed by atoms with Crippen molar-refractivity contribution in [2.45, 2.75) is 13.8 Å². The van der Waals surface area contributed by atoms with Gasteiger partial charge in [0.1, 0.15) is 0 Å². The summed E-state index contributed by atoms with van der Waals surface area (Å²) >= 11 is 0. The first kappa shape index (κ1) is 14.0. The number of primary amides is 1. The predicted molar refractivity (Wildman–Crippen MR) is 59.5 cm³/mol. The maximum atomic E-state index is 13.2. The highest BCUT2D eigenvalue weighted by Crippen LogP contribution is 2.13. The molecule has 0 saturated heterocycles. The Morgan fingerprint density at radius 3 is 2.61 bits per heavy atom. The van der Waals surface area contributed by atoms with Crippen LogP contribution in [0.2, 0.25) is 0 Å². The molecule has 0 bridgehead atoms. The number of amides is 2. The van der Waals surface area contributed by atoms with Gasteiger partial charge in [0, 0.05) is 12.7 Å². The number of nitrogens with two attached hydrogens (primary N) is 1. The topological polar surface area (TPSA) is 85.1 Å². The van der Waals surface area contributed by atoms with Gasteiger partial charge in [-0.1, -0.05) is 0 Å². The molecule has 0 radical (unpaired) electrons. The third-order valence-corrected chi connectivity index (χ3v) is 2.45. The van der Waals surface area contributed by atoms with Crippen molar-refractivity contribution in [2.75, 3.05) is 6.54 Å². The molecule has 1 aromatic rings. The number of hydrogen-bond donors (Lipinski definition) is 2. The Labute approximate surface area is 102 Å². The van der Waals surface area contributed by atoms with Crippen molar-refractivity contribution in [3.8, 4) is 0 Å². The summed E-state index contributed by atoms with van der Waals surface area (Å²) in [6, 6.07) is 1.05. The number of hydrogen-bond acceptors (Lipinski definition) is 3. The second-order valence-electron chi connectivity index (χ2n) is 4.39. The van der Waals surface area contributed by atoms with Gasteiger partial charge in [-0.25, -0.2) is 9.37 Å². The van der Waals surface area contributed by atoms with E-state index < -0.39 is 34.6 Å². The van der Waals surface area contributed by atoms with Crippen LogP contribution in [0.4, 0.5) is 8.78 Å². The molecule has 18 heavy (non-hydrogen) atoms. The Morgan fingerprint density at radius 2 is 2.06 bits per heavy atom. The molecule has 1 rings (SSSR count). The fraction of sp³-hybridized carbons (Fsp3) is 0.364. The zero-order valence-electron chi connectivity index (χ0n) is 9.96. The van der Waals surface area contributed by atoms with Crippen LogP contribution in [0.1, 0.15) is 24.2 Å². The van der Waals surface area contributed by atoms with E-state index in [1.54, 1.807) is 0 Å². The van der Waals surface area contributed by atoms with Crippen LogP contribution in [0.5, 0.6) is 0 Å². The standard InChI is InChI=1S/C11H13F2N3O2/c1-11(2,10(14)18)5-16-9(17)6-3-4-15-8(13)7(6)12/h3-4H,5H2,1-2H3,(H2,14,18)(H,16,17). The second kappa shape index (κ2) is 5.07. The maximum absolute atomic E-state index is 13.2. The molecule has 7 heteroatoms. The van der Waals surface area contributed by atoms with E-state index in [-0.39, 0.29) is 6.54 Å². The highest BCUT2D eigenvalue weighted by atomic mass is 19.2. The van der Waals surface area contributed by atoms with Gasteiger partial charge in [0.25, 0.3) is 5.91 Å². The SMILES string of the molecule is CC(C)(CNC(=O)c1ccnc(F)c1F)C(N)=O. The summed E-state index contributed by atoms with van der Waals surface area (Å²) in [5.41, 5.74) is 3.67. The Kier molecular flexibility index (Phi) is 3.95. The maximum Gasteiger partial charge on any atom is 0.254 e. The minimum atomic E-state index is -1.35. The highest BCUT2D eigenvalue weighted by Gasteiger charge is 2.26. The average molecular weight is 257 g/mol. The van der Waals surface area contributed by atoms with E-state index in [1.807, 2.05) is 0 Å². The monoisotopic (exact) mass is 257 g/mol. The molecule has 0 atom stereocenters. The minimum absolute atomic E-state index is 0.0788. The third kappa shape index (κ3) is 2.99. The molecule has 3 N–H and O–H groups in total. The van der Waals surface area contributed by atoms with Gasteiger partial charge in [-0.3, -0.25) is 9.59 Å². The molecule has 1 aromatic heterocycles. The van der Waals surface area contributed by atoms with E-state index in [0.29, 0.717) is 0 Å². The summed E-state index contributed by atoms with van der Waals surface area (Å²) in [5.74, 6) is -4.11. The third-order valence-electron chi connectivity index (χ3n) is 2.45. The number of nitrogens with one attached hydrogen (secondary N) is 1. The predicted octanol–water partition coefficient (Wildman–Crippen LogP) is 0.601. The summed E-state index contributed by atoms with van der Waals surface area (Å²) in [6.45, 7) is 2.97. The van der Waals surface area contributed by atoms with Crippen molar-refractivity contribution in [1.82, 2.24) is 10.3 Å². The number of pyridine rings is 1. The van der Waals surface area contributed by atoms with Crippen LogP contribution in [-0.4, -0.2) is 23.3 Å². The van der Waals surface area contributed by atoms with E-state index in [0.717, 1.165) is 12.3 Å². The molecule has 0 spiro atoms. The summed E-state index contributed by atoms with van der Waals surface area (Å²) in [6.07, 6.45) is 0.979. The molecule has 98 valence electrons. The molecule has 0 aliphatic rings. The van der Waals surface area contributed by atoms with Gasteiger partial charge in [-0.05, 0) is 19.9 Å². The average Bonchev–Trinajstić information content (AvgIpc) is 2.29. The minimum Gasteiger partial charge on any atom is -0.369 e. The van der Waals surface area contributed by atoms with E-state index >= 15 is 0 Å². The molecular formula is C11H13F2N3O2. The van der Waals surface area contributed by atoms with Crippen LogP contribution in [0.15, 0.2) is 12.3 Å². The molecule has 5 nitrogen and oxygen atoms in total. The second-order valence-corrected chi connectivity index (χ2v) is 4.39. The number of carbonyl (C=O) groups excluding carboxylic acids is 2. The molecule has 0 fully saturated rings. The molecule has 0 aliphatic carbocycles. The number of halogens is 2. The van der Waals surface area contributed by atoms with E-state index in [4.69, 9.17) is 5.73 Å². The highest BCUT2D eigenvalue weighted by molar-refractivity contribution is 5.94. The van der Waals surface area contributed by atoms with Crippen molar-refractivity contribution in [1.29, 1.82) is 0 Å². The van der Waals surface area contributed by atoms with Crippen LogP contribution in [0.25, 0.3) is 0 Å². The fourth-order valence-electron chi connectivity index (χ4n) is 1.08. The van der Waals surface area contributed by atoms with Crippen LogP contribution < -0.4 is 11.1 Å². The first-order valence-electron chi connectivity index (χ1n) is 5.14. The van der Waals surface area contributed by atoms with Gasteiger partial charge < -0.3 is 11.1 Å². The zero-order chi connectivity index (χ0) is 13.9. The Balaban J connectivity index is 2.78. The molecule has 0 aliphatic heterocycles. The van der Waals surface area contributed by atoms with Crippen molar-refractivity contribution >= 4 is 11.8 Å². The van der Waals surface area contributed by atoms with Crippen LogP contribution in [0.3, 0.4) is 0 Å². The lowest BCUT2D eigenvalue weighted by atomic mass is 9.92. The Hall–Kier alpha value is -2.05. The van der Waals surface area contributed by atoms with Gasteiger partial charge in [-0.2, -0.15) is 4.39 Å². The van der Waals surface area contributed by atoms with E-state index in [2.05, 4.69) is 10.3 Å². The van der Waals surface area contributed by atoms with E-state index in [9.17, 15) is 18.4 Å². The van der Waals surface area contributed by atoms with Crippen molar-refractivity contribution in [3.05, 3.63) is 29.6 Å². The summed E-state index contributed by atoms with van der Waals surface area (Å²) in [5, 5.41) is 2.31. The number of carbonyl (C=O) groups is 2. The lowest BCUT2D eigenvalue weighted by Gasteiger charge is -2.20. The molecule has 2 amide bonds. The molecular weight excluding hydrogens is 244 g/mol.